The van der Waals surface area contributed by atoms with Gasteiger partial charge in [0.05, 0.1) is 0 Å². The van der Waals surface area contributed by atoms with Crippen molar-refractivity contribution in [3.8, 4) is 11.5 Å². The van der Waals surface area contributed by atoms with Gasteiger partial charge < -0.3 is 10.2 Å². The molecule has 0 aliphatic carbocycles. The van der Waals surface area contributed by atoms with Gasteiger partial charge in [-0.15, -0.1) is 0 Å². The Labute approximate surface area is 185 Å². The monoisotopic (exact) mass is 412 g/mol. The van der Waals surface area contributed by atoms with Gasteiger partial charge in [-0.3, -0.25) is 0 Å². The minimum absolute atomic E-state index is 0.00859. The lowest BCUT2D eigenvalue weighted by molar-refractivity contribution is 0.423. The van der Waals surface area contributed by atoms with E-state index < -0.39 is 0 Å². The van der Waals surface area contributed by atoms with E-state index in [2.05, 4.69) is 68.4 Å². The third-order valence-corrected chi connectivity index (χ3v) is 5.24. The van der Waals surface area contributed by atoms with E-state index >= 15 is 0 Å². The summed E-state index contributed by atoms with van der Waals surface area (Å²) in [5.41, 5.74) is 4.48. The Morgan fingerprint density at radius 3 is 1.80 bits per heavy atom. The van der Waals surface area contributed by atoms with Crippen LogP contribution in [-0.2, 0) is 23.7 Å². The molecule has 0 radical (unpaired) electrons. The summed E-state index contributed by atoms with van der Waals surface area (Å²) >= 11 is 0. The fourth-order valence-corrected chi connectivity index (χ4v) is 3.56. The van der Waals surface area contributed by atoms with Crippen LogP contribution in [0.2, 0.25) is 0 Å². The normalized spacial score (nSPS) is 11.9. The smallest absolute Gasteiger partial charge is 0.123 e. The fourth-order valence-electron chi connectivity index (χ4n) is 3.56. The van der Waals surface area contributed by atoms with Gasteiger partial charge in [-0.1, -0.05) is 99.1 Å². The van der Waals surface area contributed by atoms with Crippen molar-refractivity contribution >= 4 is 0 Å². The van der Waals surface area contributed by atoms with Gasteiger partial charge in [0.2, 0.25) is 0 Å². The highest BCUT2D eigenvalue weighted by molar-refractivity contribution is 5.47. The maximum Gasteiger partial charge on any atom is 0.123 e. The molecule has 0 atom stereocenters. The number of benzene rings is 2. The molecule has 0 aromatic heterocycles. The van der Waals surface area contributed by atoms with Crippen molar-refractivity contribution in [2.24, 2.45) is 5.92 Å². The molecular weight excluding hydrogens is 368 g/mol. The number of aryl methyl sites for hydroxylation is 1. The Bertz CT molecular complexity index is 757. The molecule has 0 aliphatic rings. The first-order valence-electron chi connectivity index (χ1n) is 11.4. The summed E-state index contributed by atoms with van der Waals surface area (Å²) in [6, 6.07) is 12.1. The quantitative estimate of drug-likeness (QED) is 0.523. The maximum absolute atomic E-state index is 10.3. The van der Waals surface area contributed by atoms with Crippen molar-refractivity contribution in [3.05, 3.63) is 58.7 Å². The predicted octanol–water partition coefficient (Wildman–Crippen LogP) is 7.92. The molecule has 0 bridgehead atoms. The summed E-state index contributed by atoms with van der Waals surface area (Å²) in [6.07, 6.45) is 4.42. The Balaban J connectivity index is 0.000000300. The van der Waals surface area contributed by atoms with E-state index in [1.807, 2.05) is 30.3 Å². The molecule has 0 unspecified atom stereocenters. The maximum atomic E-state index is 10.3. The summed E-state index contributed by atoms with van der Waals surface area (Å²) in [5.74, 6) is 1.59. The van der Waals surface area contributed by atoms with Crippen molar-refractivity contribution < 1.29 is 10.2 Å². The molecule has 2 aromatic carbocycles. The molecule has 2 heteroatoms. The van der Waals surface area contributed by atoms with Gasteiger partial charge in [-0.25, -0.2) is 0 Å². The van der Waals surface area contributed by atoms with E-state index in [1.165, 1.54) is 12.0 Å². The topological polar surface area (TPSA) is 40.5 Å². The molecular formula is C28H44O2. The van der Waals surface area contributed by atoms with Crippen LogP contribution in [0.15, 0.2) is 36.4 Å². The lowest BCUT2D eigenvalue weighted by Crippen LogP contribution is -2.16. The first-order chi connectivity index (χ1) is 13.8. The van der Waals surface area contributed by atoms with Gasteiger partial charge in [0, 0.05) is 0 Å². The highest BCUT2D eigenvalue weighted by Gasteiger charge is 2.24. The molecule has 0 fully saturated rings. The number of hydrogen-bond donors (Lipinski definition) is 2. The molecule has 0 aliphatic heterocycles. The molecule has 168 valence electrons. The van der Waals surface area contributed by atoms with Crippen molar-refractivity contribution in [3.63, 3.8) is 0 Å². The second kappa shape index (κ2) is 10.9. The zero-order chi connectivity index (χ0) is 23.1. The van der Waals surface area contributed by atoms with Crippen LogP contribution < -0.4 is 0 Å². The van der Waals surface area contributed by atoms with Crippen LogP contribution in [0.25, 0.3) is 0 Å². The number of unbranched alkanes of at least 4 members (excludes halogenated alkanes) is 1. The average molecular weight is 413 g/mol. The fraction of sp³-hybridized carbons (Fsp3) is 0.571. The molecule has 2 aromatic rings. The Hall–Kier alpha value is -1.96. The molecule has 0 heterocycles. The first kappa shape index (κ1) is 26.1. The van der Waals surface area contributed by atoms with Gasteiger partial charge >= 0.3 is 0 Å². The summed E-state index contributed by atoms with van der Waals surface area (Å²) in [6.45, 7) is 19.3. The van der Waals surface area contributed by atoms with Gasteiger partial charge in [0.1, 0.15) is 11.5 Å². The highest BCUT2D eigenvalue weighted by atomic mass is 16.3. The third-order valence-electron chi connectivity index (χ3n) is 5.24. The van der Waals surface area contributed by atoms with Gasteiger partial charge in [0.25, 0.3) is 0 Å². The first-order valence-corrected chi connectivity index (χ1v) is 11.4. The summed E-state index contributed by atoms with van der Waals surface area (Å²) in [5, 5.41) is 20.0. The van der Waals surface area contributed by atoms with Crippen LogP contribution >= 0.6 is 0 Å². The highest BCUT2D eigenvalue weighted by Crippen LogP contribution is 2.38. The van der Waals surface area contributed by atoms with E-state index in [1.54, 1.807) is 0 Å². The van der Waals surface area contributed by atoms with E-state index in [-0.39, 0.29) is 10.8 Å². The van der Waals surface area contributed by atoms with Crippen molar-refractivity contribution in [1.29, 1.82) is 0 Å². The van der Waals surface area contributed by atoms with E-state index in [4.69, 9.17) is 0 Å². The van der Waals surface area contributed by atoms with Crippen LogP contribution in [0.5, 0.6) is 11.5 Å². The molecule has 0 saturated heterocycles. The number of phenolic OH excluding ortho intramolecular Hbond substituents is 2. The number of rotatable bonds is 5. The molecule has 30 heavy (non-hydrogen) atoms. The summed E-state index contributed by atoms with van der Waals surface area (Å²) in [4.78, 5) is 0. The number of aromatic hydroxyl groups is 2. The standard InChI is InChI=1S/2C14H22O/c1-13(2,3)10-8-7-9-11(12(10)15)14(4,5)6;1-4-5-6-13-10-12(9-11(2)3)7-8-14(13)15/h7-9,15H,1-6H3;7-8,10-11,15H,4-6,9H2,1-3H3. The lowest BCUT2D eigenvalue weighted by atomic mass is 9.80. The largest absolute Gasteiger partial charge is 0.508 e. The number of para-hydroxylation sites is 1. The van der Waals surface area contributed by atoms with Crippen LogP contribution in [0, 0.1) is 5.92 Å². The van der Waals surface area contributed by atoms with Crippen LogP contribution in [0.1, 0.15) is 97.4 Å². The van der Waals surface area contributed by atoms with Crippen molar-refractivity contribution in [1.82, 2.24) is 0 Å². The minimum Gasteiger partial charge on any atom is -0.508 e. The van der Waals surface area contributed by atoms with Crippen LogP contribution in [0.3, 0.4) is 0 Å². The van der Waals surface area contributed by atoms with Crippen LogP contribution in [-0.4, -0.2) is 10.2 Å². The zero-order valence-electron chi connectivity index (χ0n) is 20.8. The van der Waals surface area contributed by atoms with E-state index in [0.717, 1.165) is 36.0 Å². The molecule has 0 saturated carbocycles. The third kappa shape index (κ3) is 8.05. The van der Waals surface area contributed by atoms with Gasteiger partial charge in [-0.05, 0) is 64.3 Å². The lowest BCUT2D eigenvalue weighted by Gasteiger charge is -2.26. The van der Waals surface area contributed by atoms with E-state index in [9.17, 15) is 10.2 Å². The van der Waals surface area contributed by atoms with E-state index in [0.29, 0.717) is 17.4 Å². The second-order valence-corrected chi connectivity index (χ2v) is 10.9. The molecule has 0 amide bonds. The SMILES string of the molecule is CC(C)(C)c1cccc(C(C)(C)C)c1O.CCCCc1cc(CC(C)C)ccc1O. The van der Waals surface area contributed by atoms with Crippen LogP contribution in [0.4, 0.5) is 0 Å². The van der Waals surface area contributed by atoms with Gasteiger partial charge in [-0.2, -0.15) is 0 Å². The van der Waals surface area contributed by atoms with Crippen molar-refractivity contribution in [2.75, 3.05) is 0 Å². The Morgan fingerprint density at radius 2 is 1.37 bits per heavy atom. The minimum atomic E-state index is -0.00859. The van der Waals surface area contributed by atoms with Gasteiger partial charge in [0.15, 0.2) is 0 Å². The molecule has 2 N–H and O–H groups in total. The van der Waals surface area contributed by atoms with Crippen molar-refractivity contribution in [2.45, 2.75) is 98.8 Å². The molecule has 2 nitrogen and oxygen atoms in total. The zero-order valence-corrected chi connectivity index (χ0v) is 20.8. The summed E-state index contributed by atoms with van der Waals surface area (Å²) in [7, 11) is 0. The predicted molar refractivity (Wildman–Crippen MR) is 131 cm³/mol. The molecule has 2 rings (SSSR count). The summed E-state index contributed by atoms with van der Waals surface area (Å²) < 4.78 is 0. The average Bonchev–Trinajstić information content (AvgIpc) is 2.60. The Kier molecular flexibility index (Phi) is 9.46. The number of hydrogen-bond acceptors (Lipinski definition) is 2. The molecule has 0 spiro atoms. The number of phenols is 2. The second-order valence-electron chi connectivity index (χ2n) is 10.9. The Morgan fingerprint density at radius 1 is 0.833 bits per heavy atom.